The lowest BCUT2D eigenvalue weighted by molar-refractivity contribution is 0.0695. The highest BCUT2D eigenvalue weighted by atomic mass is 127. The van der Waals surface area contributed by atoms with Crippen LogP contribution in [0.1, 0.15) is 29.6 Å². The Morgan fingerprint density at radius 3 is 2.81 bits per heavy atom. The van der Waals surface area contributed by atoms with E-state index < -0.39 is 16.0 Å². The number of halogens is 1. The lowest BCUT2D eigenvalue weighted by Gasteiger charge is -2.21. The number of nitrogens with one attached hydrogen (secondary N) is 1. The number of thioether (sulfide) groups is 1. The van der Waals surface area contributed by atoms with E-state index in [1.54, 1.807) is 11.8 Å². The van der Waals surface area contributed by atoms with Gasteiger partial charge in [-0.05, 0) is 59.4 Å². The fourth-order valence-corrected chi connectivity index (χ4v) is 5.11. The SMILES string of the molecule is O=C(O)c1cc(S(=O)(=O)NCC2CCCCS2)ccc1I. The fraction of sp³-hybridized carbons (Fsp3) is 0.462. The second kappa shape index (κ2) is 7.30. The van der Waals surface area contributed by atoms with Crippen LogP contribution >= 0.6 is 34.4 Å². The lowest BCUT2D eigenvalue weighted by atomic mass is 10.2. The van der Waals surface area contributed by atoms with Crippen LogP contribution in [-0.4, -0.2) is 37.0 Å². The quantitative estimate of drug-likeness (QED) is 0.687. The Labute approximate surface area is 142 Å². The maximum Gasteiger partial charge on any atom is 0.336 e. The molecule has 0 radical (unpaired) electrons. The second-order valence-corrected chi connectivity index (χ2v) is 9.12. The molecule has 0 bridgehead atoms. The van der Waals surface area contributed by atoms with Crippen LogP contribution in [-0.2, 0) is 10.0 Å². The van der Waals surface area contributed by atoms with Crippen LogP contribution in [0.2, 0.25) is 0 Å². The normalized spacial score (nSPS) is 19.4. The van der Waals surface area contributed by atoms with E-state index in [9.17, 15) is 13.2 Å². The highest BCUT2D eigenvalue weighted by Gasteiger charge is 2.21. The molecule has 1 aromatic rings. The summed E-state index contributed by atoms with van der Waals surface area (Å²) >= 11 is 3.66. The van der Waals surface area contributed by atoms with Crippen molar-refractivity contribution in [2.75, 3.05) is 12.3 Å². The van der Waals surface area contributed by atoms with E-state index in [2.05, 4.69) is 4.72 Å². The summed E-state index contributed by atoms with van der Waals surface area (Å²) < 4.78 is 27.6. The first kappa shape index (κ1) is 17.0. The van der Waals surface area contributed by atoms with Crippen molar-refractivity contribution in [3.05, 3.63) is 27.3 Å². The third-order valence-corrected chi connectivity index (χ3v) is 7.01. The summed E-state index contributed by atoms with van der Waals surface area (Å²) in [5.74, 6) is -0.0571. The van der Waals surface area contributed by atoms with Crippen molar-refractivity contribution in [1.29, 1.82) is 0 Å². The minimum atomic E-state index is -3.66. The third kappa shape index (κ3) is 4.57. The maximum absolute atomic E-state index is 12.2. The van der Waals surface area contributed by atoms with E-state index >= 15 is 0 Å². The number of aromatic carboxylic acids is 1. The molecule has 8 heteroatoms. The highest BCUT2D eigenvalue weighted by Crippen LogP contribution is 2.25. The summed E-state index contributed by atoms with van der Waals surface area (Å²) in [5, 5.41) is 9.37. The van der Waals surface area contributed by atoms with Crippen LogP contribution in [0.5, 0.6) is 0 Å². The van der Waals surface area contributed by atoms with Gasteiger partial charge in [0.2, 0.25) is 10.0 Å². The van der Waals surface area contributed by atoms with Gasteiger partial charge in [0.25, 0.3) is 0 Å². The van der Waals surface area contributed by atoms with E-state index in [1.165, 1.54) is 24.6 Å². The molecule has 1 aliphatic rings. The lowest BCUT2D eigenvalue weighted by Crippen LogP contribution is -2.32. The van der Waals surface area contributed by atoms with Crippen LogP contribution in [0.25, 0.3) is 0 Å². The first-order valence-electron chi connectivity index (χ1n) is 6.54. The first-order valence-corrected chi connectivity index (χ1v) is 10.2. The molecule has 0 saturated carbocycles. The van der Waals surface area contributed by atoms with Gasteiger partial charge in [0.15, 0.2) is 0 Å². The number of hydrogen-bond acceptors (Lipinski definition) is 4. The average Bonchev–Trinajstić information content (AvgIpc) is 2.46. The molecule has 2 N–H and O–H groups in total. The van der Waals surface area contributed by atoms with E-state index in [4.69, 9.17) is 5.11 Å². The first-order chi connectivity index (χ1) is 9.90. The maximum atomic E-state index is 12.2. The molecule has 1 aromatic carbocycles. The van der Waals surface area contributed by atoms with Crippen molar-refractivity contribution in [3.8, 4) is 0 Å². The van der Waals surface area contributed by atoms with Crippen molar-refractivity contribution in [2.24, 2.45) is 0 Å². The molecule has 1 fully saturated rings. The Kier molecular flexibility index (Phi) is 5.92. The molecule has 1 saturated heterocycles. The Morgan fingerprint density at radius 2 is 2.19 bits per heavy atom. The fourth-order valence-electron chi connectivity index (χ4n) is 2.09. The van der Waals surface area contributed by atoms with Gasteiger partial charge < -0.3 is 5.11 Å². The molecule has 1 atom stereocenters. The largest absolute Gasteiger partial charge is 0.478 e. The van der Waals surface area contributed by atoms with Gasteiger partial charge in [-0.15, -0.1) is 0 Å². The Bertz CT molecular complexity index is 627. The number of carboxylic acids is 1. The molecule has 0 spiro atoms. The molecule has 21 heavy (non-hydrogen) atoms. The number of carbonyl (C=O) groups is 1. The van der Waals surface area contributed by atoms with Crippen molar-refractivity contribution in [3.63, 3.8) is 0 Å². The van der Waals surface area contributed by atoms with Gasteiger partial charge in [-0.1, -0.05) is 6.42 Å². The van der Waals surface area contributed by atoms with Gasteiger partial charge in [0.05, 0.1) is 10.5 Å². The smallest absolute Gasteiger partial charge is 0.336 e. The highest BCUT2D eigenvalue weighted by molar-refractivity contribution is 14.1. The molecular formula is C13H16INO4S2. The number of benzene rings is 1. The standard InChI is InChI=1S/C13H16INO4S2/c14-12-5-4-10(7-11(12)13(16)17)21(18,19)15-8-9-3-1-2-6-20-9/h4-5,7,9,15H,1-3,6,8H2,(H,16,17). The van der Waals surface area contributed by atoms with Crippen molar-refractivity contribution in [2.45, 2.75) is 29.4 Å². The molecule has 1 aliphatic heterocycles. The predicted octanol–water partition coefficient (Wildman–Crippen LogP) is 2.55. The molecule has 1 unspecified atom stereocenters. The number of rotatable bonds is 5. The van der Waals surface area contributed by atoms with Gasteiger partial charge in [0, 0.05) is 15.4 Å². The van der Waals surface area contributed by atoms with Crippen LogP contribution < -0.4 is 4.72 Å². The van der Waals surface area contributed by atoms with Crippen molar-refractivity contribution in [1.82, 2.24) is 4.72 Å². The zero-order valence-electron chi connectivity index (χ0n) is 11.2. The van der Waals surface area contributed by atoms with E-state index in [1.807, 2.05) is 22.6 Å². The third-order valence-electron chi connectivity index (χ3n) is 3.25. The number of sulfonamides is 1. The molecule has 116 valence electrons. The van der Waals surface area contributed by atoms with E-state index in [-0.39, 0.29) is 10.5 Å². The predicted molar refractivity (Wildman–Crippen MR) is 91.4 cm³/mol. The Balaban J connectivity index is 2.11. The molecule has 1 heterocycles. The Hall–Kier alpha value is -0.320. The summed E-state index contributed by atoms with van der Waals surface area (Å²) in [6.45, 7) is 0.390. The van der Waals surface area contributed by atoms with Gasteiger partial charge in [-0.25, -0.2) is 17.9 Å². The summed E-state index contributed by atoms with van der Waals surface area (Å²) in [6.07, 6.45) is 3.33. The topological polar surface area (TPSA) is 83.5 Å². The Morgan fingerprint density at radius 1 is 1.43 bits per heavy atom. The summed E-state index contributed by atoms with van der Waals surface area (Å²) in [5.41, 5.74) is 0.00511. The van der Waals surface area contributed by atoms with Gasteiger partial charge >= 0.3 is 5.97 Å². The van der Waals surface area contributed by atoms with Gasteiger partial charge in [-0.3, -0.25) is 0 Å². The van der Waals surface area contributed by atoms with Crippen LogP contribution in [0.4, 0.5) is 0 Å². The monoisotopic (exact) mass is 441 g/mol. The molecule has 2 rings (SSSR count). The zero-order chi connectivity index (χ0) is 15.5. The van der Waals surface area contributed by atoms with Crippen LogP contribution in [0.15, 0.2) is 23.1 Å². The van der Waals surface area contributed by atoms with Crippen molar-refractivity contribution < 1.29 is 18.3 Å². The summed E-state index contributed by atoms with van der Waals surface area (Å²) in [6, 6.07) is 4.15. The zero-order valence-corrected chi connectivity index (χ0v) is 15.0. The van der Waals surface area contributed by atoms with Crippen LogP contribution in [0.3, 0.4) is 0 Å². The average molecular weight is 441 g/mol. The molecule has 0 aromatic heterocycles. The molecular weight excluding hydrogens is 425 g/mol. The number of hydrogen-bond donors (Lipinski definition) is 2. The van der Waals surface area contributed by atoms with Crippen LogP contribution in [0, 0.1) is 3.57 Å². The van der Waals surface area contributed by atoms with Gasteiger partial charge in [0.1, 0.15) is 0 Å². The molecule has 5 nitrogen and oxygen atoms in total. The second-order valence-electron chi connectivity index (χ2n) is 4.79. The van der Waals surface area contributed by atoms with Gasteiger partial charge in [-0.2, -0.15) is 11.8 Å². The molecule has 0 amide bonds. The van der Waals surface area contributed by atoms with E-state index in [0.717, 1.165) is 18.6 Å². The minimum Gasteiger partial charge on any atom is -0.478 e. The summed E-state index contributed by atoms with van der Waals surface area (Å²) in [7, 11) is -3.66. The van der Waals surface area contributed by atoms with E-state index in [0.29, 0.717) is 15.4 Å². The summed E-state index contributed by atoms with van der Waals surface area (Å²) in [4.78, 5) is 11.1. The minimum absolute atomic E-state index is 0.00104. The number of carboxylic acid groups (broad SMARTS) is 1. The van der Waals surface area contributed by atoms with Crippen molar-refractivity contribution >= 4 is 50.3 Å². The molecule has 0 aliphatic carbocycles.